The molecule has 1 aliphatic heterocycles. The Hall–Kier alpha value is -1.68. The first-order valence-electron chi connectivity index (χ1n) is 6.77. The molecule has 0 amide bonds. The molecule has 0 spiro atoms. The minimum atomic E-state index is 0.0505. The first-order chi connectivity index (χ1) is 9.25. The molecule has 19 heavy (non-hydrogen) atoms. The number of aromatic nitrogens is 2. The van der Waals surface area contributed by atoms with Crippen molar-refractivity contribution in [2.75, 3.05) is 13.2 Å². The van der Waals surface area contributed by atoms with Gasteiger partial charge in [0.1, 0.15) is 5.78 Å². The molecule has 2 aromatic rings. The van der Waals surface area contributed by atoms with Crippen molar-refractivity contribution in [3.63, 3.8) is 0 Å². The van der Waals surface area contributed by atoms with Crippen LogP contribution in [0.4, 0.5) is 0 Å². The zero-order chi connectivity index (χ0) is 13.2. The summed E-state index contributed by atoms with van der Waals surface area (Å²) in [5.41, 5.74) is 1.96. The minimum Gasteiger partial charge on any atom is -0.381 e. The molecule has 3 rings (SSSR count). The average molecular weight is 258 g/mol. The first-order valence-corrected chi connectivity index (χ1v) is 6.77. The molecule has 0 radical (unpaired) electrons. The number of fused-ring (bicyclic) bond motifs is 1. The molecule has 1 aromatic carbocycles. The van der Waals surface area contributed by atoms with E-state index in [1.807, 2.05) is 36.0 Å². The number of hydrogen-bond donors (Lipinski definition) is 0. The number of ketones is 1. The van der Waals surface area contributed by atoms with E-state index in [1.165, 1.54) is 0 Å². The fraction of sp³-hybridized carbons (Fsp3) is 0.467. The van der Waals surface area contributed by atoms with Crippen LogP contribution in [0.5, 0.6) is 0 Å². The summed E-state index contributed by atoms with van der Waals surface area (Å²) in [6.07, 6.45) is 2.35. The Bertz CT molecular complexity index is 597. The molecule has 0 saturated carbocycles. The van der Waals surface area contributed by atoms with Crippen LogP contribution in [-0.4, -0.2) is 28.8 Å². The van der Waals surface area contributed by atoms with Gasteiger partial charge in [0.25, 0.3) is 0 Å². The average Bonchev–Trinajstić information content (AvgIpc) is 2.77. The number of carbonyl (C=O) groups is 1. The van der Waals surface area contributed by atoms with E-state index >= 15 is 0 Å². The molecule has 100 valence electrons. The van der Waals surface area contributed by atoms with Gasteiger partial charge in [-0.25, -0.2) is 0 Å². The second-order valence-electron chi connectivity index (χ2n) is 5.14. The van der Waals surface area contributed by atoms with Crippen LogP contribution in [-0.2, 0) is 23.0 Å². The predicted molar refractivity (Wildman–Crippen MR) is 73.0 cm³/mol. The molecule has 1 atom stereocenters. The standard InChI is InChI=1S/C15H18N2O2/c1-17-14-7-3-2-6-12(14)13(16-17)9-15(18)11-5-4-8-19-10-11/h2-3,6-7,11H,4-5,8-10H2,1H3. The third-order valence-electron chi connectivity index (χ3n) is 3.79. The molecule has 1 fully saturated rings. The highest BCUT2D eigenvalue weighted by Crippen LogP contribution is 2.21. The van der Waals surface area contributed by atoms with Gasteiger partial charge in [-0.05, 0) is 18.9 Å². The Labute approximate surface area is 112 Å². The van der Waals surface area contributed by atoms with Crippen LogP contribution < -0.4 is 0 Å². The van der Waals surface area contributed by atoms with Crippen LogP contribution in [0.1, 0.15) is 18.5 Å². The van der Waals surface area contributed by atoms with Crippen molar-refractivity contribution in [3.8, 4) is 0 Å². The fourth-order valence-electron chi connectivity index (χ4n) is 2.72. The molecule has 1 unspecified atom stereocenters. The van der Waals surface area contributed by atoms with E-state index in [4.69, 9.17) is 4.74 Å². The van der Waals surface area contributed by atoms with Gasteiger partial charge in [0.2, 0.25) is 0 Å². The van der Waals surface area contributed by atoms with E-state index < -0.39 is 0 Å². The van der Waals surface area contributed by atoms with Crippen molar-refractivity contribution >= 4 is 16.7 Å². The number of nitrogens with zero attached hydrogens (tertiary/aromatic N) is 2. The van der Waals surface area contributed by atoms with Gasteiger partial charge < -0.3 is 4.74 Å². The van der Waals surface area contributed by atoms with Gasteiger partial charge >= 0.3 is 0 Å². The van der Waals surface area contributed by atoms with Crippen molar-refractivity contribution in [2.24, 2.45) is 13.0 Å². The van der Waals surface area contributed by atoms with Crippen molar-refractivity contribution in [1.29, 1.82) is 0 Å². The number of rotatable bonds is 3. The summed E-state index contributed by atoms with van der Waals surface area (Å²) in [5.74, 6) is 0.304. The number of benzene rings is 1. The topological polar surface area (TPSA) is 44.1 Å². The van der Waals surface area contributed by atoms with E-state index in [9.17, 15) is 4.79 Å². The molecular weight excluding hydrogens is 240 g/mol. The summed E-state index contributed by atoms with van der Waals surface area (Å²) >= 11 is 0. The smallest absolute Gasteiger partial charge is 0.144 e. The van der Waals surface area contributed by atoms with E-state index in [1.54, 1.807) is 0 Å². The normalized spacial score (nSPS) is 19.7. The zero-order valence-electron chi connectivity index (χ0n) is 11.1. The number of aryl methyl sites for hydroxylation is 1. The molecule has 0 N–H and O–H groups in total. The van der Waals surface area contributed by atoms with Gasteiger partial charge in [0.15, 0.2) is 0 Å². The summed E-state index contributed by atoms with van der Waals surface area (Å²) in [5, 5.41) is 5.56. The third kappa shape index (κ3) is 2.40. The highest BCUT2D eigenvalue weighted by molar-refractivity contribution is 5.89. The second-order valence-corrected chi connectivity index (χ2v) is 5.14. The molecule has 0 aliphatic carbocycles. The molecule has 1 aromatic heterocycles. The Morgan fingerprint density at radius 2 is 2.32 bits per heavy atom. The predicted octanol–water partition coefficient (Wildman–Crippen LogP) is 2.11. The minimum absolute atomic E-state index is 0.0505. The van der Waals surface area contributed by atoms with E-state index in [0.717, 1.165) is 36.0 Å². The molecule has 1 aliphatic rings. The summed E-state index contributed by atoms with van der Waals surface area (Å²) in [4.78, 5) is 12.3. The maximum absolute atomic E-state index is 12.3. The third-order valence-corrected chi connectivity index (χ3v) is 3.79. The van der Waals surface area contributed by atoms with Crippen LogP contribution >= 0.6 is 0 Å². The lowest BCUT2D eigenvalue weighted by atomic mass is 9.94. The molecule has 2 heterocycles. The number of hydrogen-bond acceptors (Lipinski definition) is 3. The van der Waals surface area contributed by atoms with Crippen molar-refractivity contribution in [2.45, 2.75) is 19.3 Å². The summed E-state index contributed by atoms with van der Waals surface area (Å²) in [7, 11) is 1.92. The van der Waals surface area contributed by atoms with Crippen LogP contribution in [0.15, 0.2) is 24.3 Å². The molecule has 4 heteroatoms. The van der Waals surface area contributed by atoms with Gasteiger partial charge in [-0.15, -0.1) is 0 Å². The van der Waals surface area contributed by atoms with Crippen molar-refractivity contribution < 1.29 is 9.53 Å². The quantitative estimate of drug-likeness (QED) is 0.847. The van der Waals surface area contributed by atoms with Crippen molar-refractivity contribution in [1.82, 2.24) is 9.78 Å². The van der Waals surface area contributed by atoms with Gasteiger partial charge in [-0.2, -0.15) is 5.10 Å². The Kier molecular flexibility index (Phi) is 3.34. The van der Waals surface area contributed by atoms with E-state index in [0.29, 0.717) is 13.0 Å². The number of Topliss-reactive ketones (excluding diaryl/α,β-unsaturated/α-hetero) is 1. The molecule has 4 nitrogen and oxygen atoms in total. The maximum atomic E-state index is 12.3. The Morgan fingerprint density at radius 3 is 3.11 bits per heavy atom. The highest BCUT2D eigenvalue weighted by atomic mass is 16.5. The van der Waals surface area contributed by atoms with E-state index in [-0.39, 0.29) is 11.7 Å². The highest BCUT2D eigenvalue weighted by Gasteiger charge is 2.23. The van der Waals surface area contributed by atoms with Crippen LogP contribution in [0.25, 0.3) is 10.9 Å². The second kappa shape index (κ2) is 5.13. The number of ether oxygens (including phenoxy) is 1. The van der Waals surface area contributed by atoms with Gasteiger partial charge in [-0.1, -0.05) is 18.2 Å². The lowest BCUT2D eigenvalue weighted by Gasteiger charge is -2.20. The largest absolute Gasteiger partial charge is 0.381 e. The summed E-state index contributed by atoms with van der Waals surface area (Å²) < 4.78 is 7.23. The van der Waals surface area contributed by atoms with Crippen LogP contribution in [0.3, 0.4) is 0 Å². The Balaban J connectivity index is 1.83. The monoisotopic (exact) mass is 258 g/mol. The Morgan fingerprint density at radius 1 is 1.47 bits per heavy atom. The molecule has 0 bridgehead atoms. The summed E-state index contributed by atoms with van der Waals surface area (Å²) in [6.45, 7) is 1.36. The number of carbonyl (C=O) groups excluding carboxylic acids is 1. The van der Waals surface area contributed by atoms with Gasteiger partial charge in [0.05, 0.1) is 24.2 Å². The number of para-hydroxylation sites is 1. The van der Waals surface area contributed by atoms with Crippen LogP contribution in [0.2, 0.25) is 0 Å². The molecular formula is C15H18N2O2. The van der Waals surface area contributed by atoms with Crippen LogP contribution in [0, 0.1) is 5.92 Å². The summed E-state index contributed by atoms with van der Waals surface area (Å²) in [6, 6.07) is 8.04. The van der Waals surface area contributed by atoms with Gasteiger partial charge in [-0.3, -0.25) is 9.48 Å². The lowest BCUT2D eigenvalue weighted by molar-refractivity contribution is -0.126. The first kappa shape index (κ1) is 12.4. The maximum Gasteiger partial charge on any atom is 0.144 e. The zero-order valence-corrected chi connectivity index (χ0v) is 11.1. The van der Waals surface area contributed by atoms with Crippen molar-refractivity contribution in [3.05, 3.63) is 30.0 Å². The van der Waals surface area contributed by atoms with E-state index in [2.05, 4.69) is 5.10 Å². The molecule has 1 saturated heterocycles. The SMILES string of the molecule is Cn1nc(CC(=O)C2CCCOC2)c2ccccc21. The van der Waals surface area contributed by atoms with Gasteiger partial charge in [0, 0.05) is 25.0 Å². The lowest BCUT2D eigenvalue weighted by Crippen LogP contribution is -2.26. The fourth-order valence-corrected chi connectivity index (χ4v) is 2.72.